The average Bonchev–Trinajstić information content (AvgIpc) is 2.35. The first-order valence-electron chi connectivity index (χ1n) is 6.64. The van der Waals surface area contributed by atoms with Gasteiger partial charge in [-0.1, -0.05) is 26.3 Å². The van der Waals surface area contributed by atoms with Gasteiger partial charge in [-0.2, -0.15) is 13.2 Å². The summed E-state index contributed by atoms with van der Waals surface area (Å²) in [5.74, 6) is -0.0743. The van der Waals surface area contributed by atoms with Gasteiger partial charge in [0.05, 0.1) is 6.61 Å². The SMILES string of the molecule is CCCC(CC)c1ccc(OCC)nc1C(F)(F)F. The Morgan fingerprint density at radius 2 is 1.89 bits per heavy atom. The Morgan fingerprint density at radius 1 is 1.21 bits per heavy atom. The van der Waals surface area contributed by atoms with Gasteiger partial charge in [-0.05, 0) is 31.2 Å². The summed E-state index contributed by atoms with van der Waals surface area (Å²) in [4.78, 5) is 3.64. The van der Waals surface area contributed by atoms with Crippen LogP contribution in [0.5, 0.6) is 5.88 Å². The van der Waals surface area contributed by atoms with Gasteiger partial charge in [-0.3, -0.25) is 0 Å². The Kier molecular flexibility index (Phi) is 5.63. The van der Waals surface area contributed by atoms with Gasteiger partial charge in [-0.25, -0.2) is 4.98 Å². The Bertz CT molecular complexity index is 404. The molecule has 0 bridgehead atoms. The molecule has 0 aromatic carbocycles. The molecule has 0 spiro atoms. The number of pyridine rings is 1. The average molecular weight is 275 g/mol. The van der Waals surface area contributed by atoms with Crippen molar-refractivity contribution in [3.63, 3.8) is 0 Å². The summed E-state index contributed by atoms with van der Waals surface area (Å²) in [7, 11) is 0. The van der Waals surface area contributed by atoms with E-state index in [-0.39, 0.29) is 17.4 Å². The summed E-state index contributed by atoms with van der Waals surface area (Å²) in [5.41, 5.74) is -0.529. The lowest BCUT2D eigenvalue weighted by atomic mass is 9.90. The summed E-state index contributed by atoms with van der Waals surface area (Å²) in [6.07, 6.45) is -2.19. The number of nitrogens with zero attached hydrogens (tertiary/aromatic N) is 1. The maximum Gasteiger partial charge on any atom is 0.433 e. The van der Waals surface area contributed by atoms with Gasteiger partial charge in [0.15, 0.2) is 5.69 Å². The highest BCUT2D eigenvalue weighted by molar-refractivity contribution is 5.31. The van der Waals surface area contributed by atoms with E-state index in [2.05, 4.69) is 4.98 Å². The summed E-state index contributed by atoms with van der Waals surface area (Å²) in [6.45, 7) is 5.89. The molecular formula is C14H20F3NO. The van der Waals surface area contributed by atoms with Crippen molar-refractivity contribution >= 4 is 0 Å². The van der Waals surface area contributed by atoms with Crippen LogP contribution in [-0.2, 0) is 6.18 Å². The fraction of sp³-hybridized carbons (Fsp3) is 0.643. The summed E-state index contributed by atoms with van der Waals surface area (Å²) < 4.78 is 44.3. The third kappa shape index (κ3) is 4.11. The first-order chi connectivity index (χ1) is 8.93. The number of hydrogen-bond donors (Lipinski definition) is 0. The molecule has 2 nitrogen and oxygen atoms in total. The van der Waals surface area contributed by atoms with Gasteiger partial charge in [0, 0.05) is 6.07 Å². The molecule has 19 heavy (non-hydrogen) atoms. The highest BCUT2D eigenvalue weighted by Gasteiger charge is 2.37. The van der Waals surface area contributed by atoms with Crippen molar-refractivity contribution in [3.8, 4) is 5.88 Å². The second-order valence-electron chi connectivity index (χ2n) is 4.41. The molecule has 0 saturated carbocycles. The van der Waals surface area contributed by atoms with Crippen molar-refractivity contribution in [2.45, 2.75) is 52.1 Å². The standard InChI is InChI=1S/C14H20F3NO/c1-4-7-10(5-2)11-8-9-12(19-6-3)18-13(11)14(15,16)17/h8-10H,4-7H2,1-3H3. The van der Waals surface area contributed by atoms with Gasteiger partial charge in [0.2, 0.25) is 5.88 Å². The Labute approximate surface area is 112 Å². The number of ether oxygens (including phenoxy) is 1. The highest BCUT2D eigenvalue weighted by atomic mass is 19.4. The van der Waals surface area contributed by atoms with E-state index in [1.807, 2.05) is 13.8 Å². The lowest BCUT2D eigenvalue weighted by Crippen LogP contribution is -2.15. The number of alkyl halides is 3. The summed E-state index contributed by atoms with van der Waals surface area (Å²) >= 11 is 0. The number of rotatable bonds is 6. The van der Waals surface area contributed by atoms with Crippen LogP contribution in [0.4, 0.5) is 13.2 Å². The molecule has 1 rings (SSSR count). The molecular weight excluding hydrogens is 255 g/mol. The third-order valence-corrected chi connectivity index (χ3v) is 3.03. The molecule has 0 aliphatic rings. The molecule has 1 unspecified atom stereocenters. The fourth-order valence-corrected chi connectivity index (χ4v) is 2.16. The van der Waals surface area contributed by atoms with Crippen molar-refractivity contribution in [3.05, 3.63) is 23.4 Å². The topological polar surface area (TPSA) is 22.1 Å². The monoisotopic (exact) mass is 275 g/mol. The smallest absolute Gasteiger partial charge is 0.433 e. The Morgan fingerprint density at radius 3 is 2.37 bits per heavy atom. The van der Waals surface area contributed by atoms with Crippen molar-refractivity contribution in [2.75, 3.05) is 6.61 Å². The number of aromatic nitrogens is 1. The molecule has 1 atom stereocenters. The van der Waals surface area contributed by atoms with Crippen molar-refractivity contribution in [1.82, 2.24) is 4.98 Å². The zero-order chi connectivity index (χ0) is 14.5. The number of halogens is 3. The van der Waals surface area contributed by atoms with E-state index in [9.17, 15) is 13.2 Å². The second kappa shape index (κ2) is 6.78. The predicted octanol–water partition coefficient (Wildman–Crippen LogP) is 4.79. The Balaban J connectivity index is 3.22. The molecule has 0 saturated heterocycles. The molecule has 5 heteroatoms. The lowest BCUT2D eigenvalue weighted by molar-refractivity contribution is -0.142. The highest BCUT2D eigenvalue weighted by Crippen LogP contribution is 2.37. The van der Waals surface area contributed by atoms with E-state index in [4.69, 9.17) is 4.74 Å². The molecule has 0 fully saturated rings. The van der Waals surface area contributed by atoms with Crippen molar-refractivity contribution < 1.29 is 17.9 Å². The van der Waals surface area contributed by atoms with Crippen LogP contribution in [0.3, 0.4) is 0 Å². The molecule has 1 aromatic heterocycles. The largest absolute Gasteiger partial charge is 0.478 e. The third-order valence-electron chi connectivity index (χ3n) is 3.03. The maximum absolute atomic E-state index is 13.1. The van der Waals surface area contributed by atoms with Gasteiger partial charge in [-0.15, -0.1) is 0 Å². The predicted molar refractivity (Wildman–Crippen MR) is 68.3 cm³/mol. The van der Waals surface area contributed by atoms with Crippen LogP contribution in [0.2, 0.25) is 0 Å². The van der Waals surface area contributed by atoms with Crippen LogP contribution in [-0.4, -0.2) is 11.6 Å². The molecule has 0 amide bonds. The summed E-state index contributed by atoms with van der Waals surface area (Å²) in [6, 6.07) is 3.02. The van der Waals surface area contributed by atoms with Crippen molar-refractivity contribution in [1.29, 1.82) is 0 Å². The quantitative estimate of drug-likeness (QED) is 0.744. The Hall–Kier alpha value is -1.26. The van der Waals surface area contributed by atoms with E-state index < -0.39 is 11.9 Å². The van der Waals surface area contributed by atoms with Crippen LogP contribution >= 0.6 is 0 Å². The first-order valence-corrected chi connectivity index (χ1v) is 6.64. The minimum atomic E-state index is -4.44. The van der Waals surface area contributed by atoms with E-state index in [0.717, 1.165) is 12.8 Å². The summed E-state index contributed by atoms with van der Waals surface area (Å²) in [5, 5.41) is 0. The molecule has 0 aliphatic carbocycles. The van der Waals surface area contributed by atoms with E-state index in [1.54, 1.807) is 6.92 Å². The molecule has 1 aromatic rings. The lowest BCUT2D eigenvalue weighted by Gasteiger charge is -2.20. The molecule has 0 aliphatic heterocycles. The zero-order valence-corrected chi connectivity index (χ0v) is 11.5. The minimum Gasteiger partial charge on any atom is -0.478 e. The molecule has 0 N–H and O–H groups in total. The van der Waals surface area contributed by atoms with Crippen LogP contribution < -0.4 is 4.74 Å². The van der Waals surface area contributed by atoms with Gasteiger partial charge in [0.1, 0.15) is 0 Å². The van der Waals surface area contributed by atoms with Crippen LogP contribution in [0.15, 0.2) is 12.1 Å². The molecule has 108 valence electrons. The van der Waals surface area contributed by atoms with Crippen LogP contribution in [0.1, 0.15) is 57.2 Å². The van der Waals surface area contributed by atoms with Gasteiger partial charge >= 0.3 is 6.18 Å². The number of hydrogen-bond acceptors (Lipinski definition) is 2. The maximum atomic E-state index is 13.1. The fourth-order valence-electron chi connectivity index (χ4n) is 2.16. The van der Waals surface area contributed by atoms with Crippen LogP contribution in [0.25, 0.3) is 0 Å². The van der Waals surface area contributed by atoms with E-state index in [0.29, 0.717) is 13.0 Å². The van der Waals surface area contributed by atoms with Crippen molar-refractivity contribution in [2.24, 2.45) is 0 Å². The van der Waals surface area contributed by atoms with Crippen LogP contribution in [0, 0.1) is 0 Å². The normalized spacial score (nSPS) is 13.4. The van der Waals surface area contributed by atoms with E-state index in [1.165, 1.54) is 12.1 Å². The zero-order valence-electron chi connectivity index (χ0n) is 11.5. The molecule has 1 heterocycles. The molecule has 0 radical (unpaired) electrons. The van der Waals surface area contributed by atoms with Gasteiger partial charge < -0.3 is 4.74 Å². The van der Waals surface area contributed by atoms with Gasteiger partial charge in [0.25, 0.3) is 0 Å². The minimum absolute atomic E-state index is 0.0323. The first kappa shape index (κ1) is 15.8. The van der Waals surface area contributed by atoms with E-state index >= 15 is 0 Å². The second-order valence-corrected chi connectivity index (χ2v) is 4.41.